The molecule has 5 rings (SSSR count). The van der Waals surface area contributed by atoms with Gasteiger partial charge in [0.1, 0.15) is 11.5 Å². The molecule has 0 saturated heterocycles. The average Bonchev–Trinajstić information content (AvgIpc) is 3.35. The second kappa shape index (κ2) is 9.37. The minimum atomic E-state index is -0.319. The Morgan fingerprint density at radius 3 is 2.03 bits per heavy atom. The van der Waals surface area contributed by atoms with Crippen LogP contribution in [-0.4, -0.2) is 41.5 Å². The Morgan fingerprint density at radius 1 is 0.771 bits per heavy atom. The van der Waals surface area contributed by atoms with E-state index in [4.69, 9.17) is 33.2 Å². The Morgan fingerprint density at radius 2 is 1.43 bits per heavy atom. The predicted octanol–water partition coefficient (Wildman–Crippen LogP) is 5.05. The molecule has 0 spiro atoms. The zero-order valence-corrected chi connectivity index (χ0v) is 20.4. The molecule has 0 unspecified atom stereocenters. The molecule has 0 aromatic heterocycles. The van der Waals surface area contributed by atoms with E-state index in [1.165, 1.54) is 0 Å². The SMILES string of the molecule is COc1ccc(N[C@@H]2Oc3cc4c(cc3[C@@H](c3cc(OC)c(OC)c(OC)c3)[C@@H]2C)OCO4)cc1. The number of benzene rings is 3. The number of rotatable bonds is 7. The molecule has 0 radical (unpaired) electrons. The average molecular weight is 480 g/mol. The van der Waals surface area contributed by atoms with Crippen molar-refractivity contribution in [1.82, 2.24) is 0 Å². The summed E-state index contributed by atoms with van der Waals surface area (Å²) in [5.41, 5.74) is 2.94. The Kier molecular flexibility index (Phi) is 6.11. The van der Waals surface area contributed by atoms with Gasteiger partial charge in [-0.05, 0) is 48.0 Å². The number of anilines is 1. The van der Waals surface area contributed by atoms with Crippen molar-refractivity contribution in [2.75, 3.05) is 40.5 Å². The highest BCUT2D eigenvalue weighted by atomic mass is 16.7. The highest BCUT2D eigenvalue weighted by molar-refractivity contribution is 5.60. The normalized spacial score (nSPS) is 19.9. The Labute approximate surface area is 204 Å². The largest absolute Gasteiger partial charge is 0.497 e. The van der Waals surface area contributed by atoms with E-state index >= 15 is 0 Å². The third-order valence-corrected chi connectivity index (χ3v) is 6.54. The summed E-state index contributed by atoms with van der Waals surface area (Å²) in [4.78, 5) is 0. The van der Waals surface area contributed by atoms with Gasteiger partial charge in [-0.15, -0.1) is 0 Å². The Hall–Kier alpha value is -3.94. The van der Waals surface area contributed by atoms with Gasteiger partial charge >= 0.3 is 0 Å². The zero-order chi connectivity index (χ0) is 24.5. The smallest absolute Gasteiger partial charge is 0.231 e. The molecule has 2 aliphatic rings. The minimum absolute atomic E-state index is 0.0211. The first-order valence-electron chi connectivity index (χ1n) is 11.4. The van der Waals surface area contributed by atoms with Gasteiger partial charge in [-0.2, -0.15) is 0 Å². The molecule has 0 aliphatic carbocycles. The van der Waals surface area contributed by atoms with Crippen molar-refractivity contribution in [3.63, 3.8) is 0 Å². The first-order chi connectivity index (χ1) is 17.1. The van der Waals surface area contributed by atoms with E-state index in [0.717, 1.165) is 28.3 Å². The van der Waals surface area contributed by atoms with Crippen molar-refractivity contribution >= 4 is 5.69 Å². The fourth-order valence-corrected chi connectivity index (χ4v) is 4.76. The highest BCUT2D eigenvalue weighted by Crippen LogP contribution is 2.51. The monoisotopic (exact) mass is 479 g/mol. The molecular weight excluding hydrogens is 450 g/mol. The van der Waals surface area contributed by atoms with Gasteiger partial charge in [0.2, 0.25) is 12.5 Å². The van der Waals surface area contributed by atoms with Crippen LogP contribution in [0.3, 0.4) is 0 Å². The van der Waals surface area contributed by atoms with Crippen molar-refractivity contribution in [2.45, 2.75) is 19.1 Å². The lowest BCUT2D eigenvalue weighted by atomic mass is 9.78. The van der Waals surface area contributed by atoms with Gasteiger partial charge in [-0.1, -0.05) is 6.92 Å². The molecule has 0 bridgehead atoms. The van der Waals surface area contributed by atoms with Gasteiger partial charge in [-0.25, -0.2) is 0 Å². The second-order valence-electron chi connectivity index (χ2n) is 8.45. The molecule has 3 aromatic rings. The minimum Gasteiger partial charge on any atom is -0.497 e. The van der Waals surface area contributed by atoms with Crippen LogP contribution in [0, 0.1) is 5.92 Å². The Balaban J connectivity index is 1.59. The molecule has 35 heavy (non-hydrogen) atoms. The van der Waals surface area contributed by atoms with E-state index in [-0.39, 0.29) is 24.9 Å². The van der Waals surface area contributed by atoms with Crippen LogP contribution in [0.5, 0.6) is 40.2 Å². The number of ether oxygens (including phenoxy) is 7. The first-order valence-corrected chi connectivity index (χ1v) is 11.4. The van der Waals surface area contributed by atoms with E-state index in [1.807, 2.05) is 48.5 Å². The van der Waals surface area contributed by atoms with Gasteiger partial charge < -0.3 is 38.5 Å². The molecule has 184 valence electrons. The molecule has 8 nitrogen and oxygen atoms in total. The highest BCUT2D eigenvalue weighted by Gasteiger charge is 2.39. The third-order valence-electron chi connectivity index (χ3n) is 6.54. The quantitative estimate of drug-likeness (QED) is 0.505. The predicted molar refractivity (Wildman–Crippen MR) is 131 cm³/mol. The molecule has 3 atom stereocenters. The van der Waals surface area contributed by atoms with Crippen molar-refractivity contribution in [1.29, 1.82) is 0 Å². The van der Waals surface area contributed by atoms with E-state index in [2.05, 4.69) is 12.2 Å². The van der Waals surface area contributed by atoms with Crippen LogP contribution < -0.4 is 38.5 Å². The van der Waals surface area contributed by atoms with Gasteiger partial charge in [0.25, 0.3) is 0 Å². The van der Waals surface area contributed by atoms with Crippen LogP contribution >= 0.6 is 0 Å². The third kappa shape index (κ3) is 4.09. The second-order valence-corrected chi connectivity index (χ2v) is 8.45. The van der Waals surface area contributed by atoms with Crippen molar-refractivity contribution in [3.8, 4) is 40.2 Å². The number of methoxy groups -OCH3 is 4. The van der Waals surface area contributed by atoms with E-state index in [1.54, 1.807) is 28.4 Å². The van der Waals surface area contributed by atoms with Crippen LogP contribution in [0.1, 0.15) is 24.0 Å². The molecule has 0 saturated carbocycles. The summed E-state index contributed by atoms with van der Waals surface area (Å²) in [6.45, 7) is 2.35. The summed E-state index contributed by atoms with van der Waals surface area (Å²) in [5.74, 6) is 4.62. The van der Waals surface area contributed by atoms with E-state index in [9.17, 15) is 0 Å². The lowest BCUT2D eigenvalue weighted by Gasteiger charge is -2.39. The molecule has 0 fully saturated rings. The summed E-state index contributed by atoms with van der Waals surface area (Å²) in [6.07, 6.45) is -0.319. The summed E-state index contributed by atoms with van der Waals surface area (Å²) in [5, 5.41) is 3.53. The summed E-state index contributed by atoms with van der Waals surface area (Å²) in [7, 11) is 6.49. The summed E-state index contributed by atoms with van der Waals surface area (Å²) in [6, 6.07) is 15.7. The topological polar surface area (TPSA) is 76.6 Å². The lowest BCUT2D eigenvalue weighted by molar-refractivity contribution is 0.134. The molecule has 1 N–H and O–H groups in total. The molecule has 0 amide bonds. The number of fused-ring (bicyclic) bond motifs is 2. The van der Waals surface area contributed by atoms with Crippen LogP contribution in [0.4, 0.5) is 5.69 Å². The van der Waals surface area contributed by atoms with Crippen molar-refractivity contribution in [2.24, 2.45) is 5.92 Å². The van der Waals surface area contributed by atoms with Crippen molar-refractivity contribution < 1.29 is 33.2 Å². The number of hydrogen-bond donors (Lipinski definition) is 1. The maximum absolute atomic E-state index is 6.47. The molecule has 2 heterocycles. The zero-order valence-electron chi connectivity index (χ0n) is 20.4. The first kappa shape index (κ1) is 22.8. The summed E-state index contributed by atoms with van der Waals surface area (Å²) >= 11 is 0. The molecule has 3 aromatic carbocycles. The molecular formula is C27H29NO7. The number of nitrogens with one attached hydrogen (secondary N) is 1. The van der Waals surface area contributed by atoms with Gasteiger partial charge in [0, 0.05) is 29.2 Å². The van der Waals surface area contributed by atoms with Crippen LogP contribution in [0.2, 0.25) is 0 Å². The fraction of sp³-hybridized carbons (Fsp3) is 0.333. The van der Waals surface area contributed by atoms with Crippen LogP contribution in [0.25, 0.3) is 0 Å². The summed E-state index contributed by atoms with van der Waals surface area (Å²) < 4.78 is 39.9. The maximum Gasteiger partial charge on any atom is 0.231 e. The van der Waals surface area contributed by atoms with Gasteiger partial charge in [-0.3, -0.25) is 0 Å². The Bertz CT molecular complexity index is 1190. The standard InChI is InChI=1S/C27H29NO7/c1-15-25(16-10-23(30-3)26(32-5)24(11-16)31-4)19-12-21-22(34-14-33-21)13-20(19)35-27(15)28-17-6-8-18(29-2)9-7-17/h6-13,15,25,27-28H,14H2,1-5H3/t15-,25+,27+/m0/s1. The van der Waals surface area contributed by atoms with Gasteiger partial charge in [0.05, 0.1) is 28.4 Å². The maximum atomic E-state index is 6.47. The van der Waals surface area contributed by atoms with Crippen LogP contribution in [0.15, 0.2) is 48.5 Å². The van der Waals surface area contributed by atoms with Gasteiger partial charge in [0.15, 0.2) is 29.2 Å². The lowest BCUT2D eigenvalue weighted by Crippen LogP contribution is -2.40. The number of hydrogen-bond acceptors (Lipinski definition) is 8. The van der Waals surface area contributed by atoms with Crippen molar-refractivity contribution in [3.05, 3.63) is 59.7 Å². The fourth-order valence-electron chi connectivity index (χ4n) is 4.76. The van der Waals surface area contributed by atoms with E-state index in [0.29, 0.717) is 28.7 Å². The molecule has 8 heteroatoms. The van der Waals surface area contributed by atoms with E-state index < -0.39 is 0 Å². The molecule has 2 aliphatic heterocycles. The van der Waals surface area contributed by atoms with Crippen LogP contribution in [-0.2, 0) is 0 Å².